The maximum Gasteiger partial charge on any atom is 0.412 e. The molecule has 6 aromatic carbocycles. The number of nitrogens with zero attached hydrogens (tertiary/aromatic N) is 3. The van der Waals surface area contributed by atoms with Gasteiger partial charge in [0.2, 0.25) is 11.8 Å². The Kier molecular flexibility index (Phi) is 26.9. The highest BCUT2D eigenvalue weighted by Gasteiger charge is 2.28. The van der Waals surface area contributed by atoms with E-state index in [-0.39, 0.29) is 54.1 Å². The van der Waals surface area contributed by atoms with Gasteiger partial charge in [-0.25, -0.2) is 9.59 Å². The van der Waals surface area contributed by atoms with Crippen LogP contribution >= 0.6 is 0 Å². The van der Waals surface area contributed by atoms with Crippen LogP contribution in [0, 0.1) is 0 Å². The van der Waals surface area contributed by atoms with Gasteiger partial charge in [-0.1, -0.05) is 72.8 Å². The first-order chi connectivity index (χ1) is 50.3. The second kappa shape index (κ2) is 36.7. The molecule has 23 heteroatoms. The van der Waals surface area contributed by atoms with Gasteiger partial charge in [-0.2, -0.15) is 0 Å². The van der Waals surface area contributed by atoms with E-state index in [0.29, 0.717) is 82.9 Å². The van der Waals surface area contributed by atoms with Crippen LogP contribution in [-0.4, -0.2) is 79.0 Å². The number of nitrogen functional groups attached to an aromatic ring is 1. The van der Waals surface area contributed by atoms with E-state index in [1.165, 1.54) is 0 Å². The van der Waals surface area contributed by atoms with E-state index in [2.05, 4.69) is 52.2 Å². The zero-order valence-electron chi connectivity index (χ0n) is 59.8. The number of nitrogens with two attached hydrogens (primary N) is 2. The lowest BCUT2D eigenvalue weighted by Crippen LogP contribution is -2.27. The quantitative estimate of drug-likeness (QED) is 0.0336. The Labute approximate surface area is 611 Å². The normalized spacial score (nSPS) is 14.3. The third kappa shape index (κ3) is 24.0. The number of aromatic nitrogens is 3. The lowest BCUT2D eigenvalue weighted by molar-refractivity contribution is -0.137. The molecule has 23 nitrogen and oxygen atoms in total. The number of hydrogen-bond donors (Lipinski definition) is 10. The molecule has 12 rings (SSSR count). The molecular formula is C82H90N12O11. The van der Waals surface area contributed by atoms with E-state index in [1.54, 1.807) is 164 Å². The summed E-state index contributed by atoms with van der Waals surface area (Å²) in [6.45, 7) is 10.7. The van der Waals surface area contributed by atoms with Crippen molar-refractivity contribution >= 4 is 81.8 Å². The predicted molar refractivity (Wildman–Crippen MR) is 406 cm³/mol. The monoisotopic (exact) mass is 1420 g/mol. The SMILES string of the molecule is CC(C)(C)OC(=O)Nc1ccccc1NC(=O)c1ccc2c(c1)CCC2N.CC(C)(C)OC(=O)Nc1ccccc1NC(=O)c1ccc2c(c1)CCC2NC(=O)CCc1cccnc1.Nc1ccccc1NC(=O)c1ccc2c(c1)CCC2NC(=O)CCc1cccnc1.O=C(O)CCc1cccnc1. The van der Waals surface area contributed by atoms with E-state index in [0.717, 1.165) is 88.6 Å². The zero-order valence-corrected chi connectivity index (χ0v) is 59.8. The minimum atomic E-state index is -0.770. The van der Waals surface area contributed by atoms with Crippen LogP contribution in [0.25, 0.3) is 0 Å². The van der Waals surface area contributed by atoms with Gasteiger partial charge in [0, 0.05) is 79.2 Å². The number of carboxylic acid groups (broad SMARTS) is 1. The molecule has 0 saturated heterocycles. The molecule has 12 N–H and O–H groups in total. The topological polar surface area (TPSA) is 350 Å². The van der Waals surface area contributed by atoms with E-state index in [1.807, 2.05) is 78.9 Å². The fourth-order valence-corrected chi connectivity index (χ4v) is 12.0. The number of fused-ring (bicyclic) bond motifs is 3. The second-order valence-electron chi connectivity index (χ2n) is 27.5. The number of anilines is 6. The molecule has 0 spiro atoms. The first kappa shape index (κ1) is 77.1. The summed E-state index contributed by atoms with van der Waals surface area (Å²) in [6, 6.07) is 49.3. The minimum Gasteiger partial charge on any atom is -0.481 e. The summed E-state index contributed by atoms with van der Waals surface area (Å²) in [5, 5.41) is 28.6. The van der Waals surface area contributed by atoms with E-state index in [9.17, 15) is 38.4 Å². The van der Waals surface area contributed by atoms with Crippen molar-refractivity contribution in [2.45, 2.75) is 148 Å². The Balaban J connectivity index is 0.000000171. The molecule has 3 aliphatic rings. The number of carbonyl (C=O) groups excluding carboxylic acids is 7. The van der Waals surface area contributed by atoms with Crippen LogP contribution < -0.4 is 48.7 Å². The summed E-state index contributed by atoms with van der Waals surface area (Å²) < 4.78 is 10.6. The van der Waals surface area contributed by atoms with Crippen LogP contribution in [0.5, 0.6) is 0 Å². The molecule has 7 amide bonds. The molecule has 0 fully saturated rings. The fourth-order valence-electron chi connectivity index (χ4n) is 12.0. The first-order valence-electron chi connectivity index (χ1n) is 34.9. The number of aryl methyl sites for hydroxylation is 6. The van der Waals surface area contributed by atoms with Gasteiger partial charge < -0.3 is 52.6 Å². The molecule has 544 valence electrons. The summed E-state index contributed by atoms with van der Waals surface area (Å²) in [6.07, 6.45) is 17.1. The van der Waals surface area contributed by atoms with Gasteiger partial charge in [0.15, 0.2) is 0 Å². The van der Waals surface area contributed by atoms with Crippen LogP contribution in [0.15, 0.2) is 201 Å². The first-order valence-corrected chi connectivity index (χ1v) is 34.9. The van der Waals surface area contributed by atoms with Crippen LogP contribution in [0.4, 0.5) is 43.7 Å². The molecule has 0 saturated carbocycles. The highest BCUT2D eigenvalue weighted by molar-refractivity contribution is 6.08. The highest BCUT2D eigenvalue weighted by atomic mass is 16.6. The second-order valence-corrected chi connectivity index (χ2v) is 27.5. The molecule has 3 aromatic heterocycles. The van der Waals surface area contributed by atoms with Crippen LogP contribution in [0.1, 0.15) is 179 Å². The number of nitrogens with one attached hydrogen (secondary N) is 7. The molecular weight excluding hydrogens is 1330 g/mol. The number of pyridine rings is 3. The molecule has 0 radical (unpaired) electrons. The number of ether oxygens (including phenoxy) is 2. The molecule has 0 bridgehead atoms. The maximum absolute atomic E-state index is 13.0. The Bertz CT molecular complexity index is 4530. The van der Waals surface area contributed by atoms with Gasteiger partial charge >= 0.3 is 18.2 Å². The standard InChI is InChI=1S/C29H32N4O4.C24H24N4O2.C21H25N3O3.C8H9NO2/c1-29(2,3)37-28(36)33-25-9-5-4-8-24(25)32-27(35)21-11-13-22-20(17-21)12-14-23(22)31-26(34)15-10-19-7-6-16-30-18-19;25-20-5-1-2-6-22(20)28-24(30)18-8-10-19-17(14-18)9-11-21(19)27-23(29)12-7-16-4-3-13-26-15-16;1-21(2,3)27-20(26)24-18-7-5-4-6-17(18)23-19(25)14-8-10-15-13(12-14)9-11-16(15)22;10-8(11)4-3-7-2-1-5-9-6-7/h4-9,11,13,16-18,23H,10,12,14-15H2,1-3H3,(H,31,34)(H,32,35)(H,33,36);1-6,8,10,13-15,21H,7,9,11-12,25H2,(H,27,29)(H,28,30);4-8,10,12,16H,9,11,22H2,1-3H3,(H,23,25)(H,24,26);1-2,5-6H,3-4H2,(H,10,11). The Hall–Kier alpha value is -12.1. The molecule has 3 unspecified atom stereocenters. The molecule has 9 aromatic rings. The van der Waals surface area contributed by atoms with Crippen LogP contribution in [0.3, 0.4) is 0 Å². The number of carboxylic acids is 1. The zero-order chi connectivity index (χ0) is 75.0. The third-order valence-corrected chi connectivity index (χ3v) is 17.1. The minimum absolute atomic E-state index is 0.00221. The van der Waals surface area contributed by atoms with E-state index in [4.69, 9.17) is 26.0 Å². The summed E-state index contributed by atoms with van der Waals surface area (Å²) in [4.78, 5) is 110. The number of rotatable bonds is 19. The largest absolute Gasteiger partial charge is 0.481 e. The number of amides is 7. The van der Waals surface area contributed by atoms with E-state index >= 15 is 0 Å². The lowest BCUT2D eigenvalue weighted by atomic mass is 10.0. The van der Waals surface area contributed by atoms with Gasteiger partial charge in [0.25, 0.3) is 17.7 Å². The Morgan fingerprint density at radius 3 is 1.14 bits per heavy atom. The lowest BCUT2D eigenvalue weighted by Gasteiger charge is -2.20. The van der Waals surface area contributed by atoms with Crippen LogP contribution in [-0.2, 0) is 62.4 Å². The summed E-state index contributed by atoms with van der Waals surface area (Å²) in [5.41, 5.74) is 24.9. The summed E-state index contributed by atoms with van der Waals surface area (Å²) in [5.74, 6) is -1.47. The fraction of sp³-hybridized carbons (Fsp3) is 0.280. The third-order valence-electron chi connectivity index (χ3n) is 17.1. The van der Waals surface area contributed by atoms with Gasteiger partial charge in [0.05, 0.1) is 46.2 Å². The van der Waals surface area contributed by atoms with Gasteiger partial charge in [-0.15, -0.1) is 0 Å². The number of para-hydroxylation sites is 6. The number of aliphatic carboxylic acids is 1. The number of benzene rings is 6. The van der Waals surface area contributed by atoms with Crippen molar-refractivity contribution in [1.82, 2.24) is 25.6 Å². The Morgan fingerprint density at radius 1 is 0.429 bits per heavy atom. The van der Waals surface area contributed by atoms with Crippen molar-refractivity contribution in [3.05, 3.63) is 268 Å². The van der Waals surface area contributed by atoms with E-state index < -0.39 is 29.4 Å². The Morgan fingerprint density at radius 2 is 0.771 bits per heavy atom. The number of carbonyl (C=O) groups is 8. The van der Waals surface area contributed by atoms with Crippen molar-refractivity contribution in [2.24, 2.45) is 5.73 Å². The molecule has 3 aliphatic carbocycles. The average molecular weight is 1420 g/mol. The smallest absolute Gasteiger partial charge is 0.412 e. The molecule has 3 heterocycles. The molecule has 0 aliphatic heterocycles. The number of hydrogen-bond acceptors (Lipinski definition) is 15. The van der Waals surface area contributed by atoms with Crippen molar-refractivity contribution in [2.75, 3.05) is 32.3 Å². The molecule has 3 atom stereocenters. The maximum atomic E-state index is 13.0. The van der Waals surface area contributed by atoms with Crippen molar-refractivity contribution in [3.8, 4) is 0 Å². The van der Waals surface area contributed by atoms with Crippen molar-refractivity contribution in [1.29, 1.82) is 0 Å². The summed E-state index contributed by atoms with van der Waals surface area (Å²) in [7, 11) is 0. The van der Waals surface area contributed by atoms with Crippen LogP contribution in [0.2, 0.25) is 0 Å². The van der Waals surface area contributed by atoms with Gasteiger partial charge in [0.1, 0.15) is 11.2 Å². The van der Waals surface area contributed by atoms with Crippen molar-refractivity contribution < 1.29 is 52.9 Å². The van der Waals surface area contributed by atoms with Crippen molar-refractivity contribution in [3.63, 3.8) is 0 Å². The van der Waals surface area contributed by atoms with Gasteiger partial charge in [-0.05, 0) is 240 Å². The van der Waals surface area contributed by atoms with Gasteiger partial charge in [-0.3, -0.25) is 54.4 Å². The average Bonchev–Trinajstić information content (AvgIpc) is 1.72. The summed E-state index contributed by atoms with van der Waals surface area (Å²) >= 11 is 0. The predicted octanol–water partition coefficient (Wildman–Crippen LogP) is 14.4. The molecule has 105 heavy (non-hydrogen) atoms. The highest BCUT2D eigenvalue weighted by Crippen LogP contribution is 2.35.